The molecule has 0 radical (unpaired) electrons. The Kier molecular flexibility index (Phi) is 14.0. The summed E-state index contributed by atoms with van der Waals surface area (Å²) in [5.41, 5.74) is 12.0. The molecule has 348 valence electrons. The average molecular weight is 965 g/mol. The number of aromatic amines is 1. The number of imidazole rings is 2. The first-order valence-corrected chi connectivity index (χ1v) is 25.6. The molecule has 2 amide bonds. The largest absolute Gasteiger partial charge is 0.389 e. The van der Waals surface area contributed by atoms with E-state index in [4.69, 9.17) is 39.0 Å². The highest BCUT2D eigenvalue weighted by Crippen LogP contribution is 2.65. The first-order chi connectivity index (χ1) is 31.1. The van der Waals surface area contributed by atoms with Crippen molar-refractivity contribution in [3.8, 4) is 0 Å². The van der Waals surface area contributed by atoms with Gasteiger partial charge in [0.2, 0.25) is 17.8 Å². The normalized spacial score (nSPS) is 29.5. The van der Waals surface area contributed by atoms with Gasteiger partial charge in [-0.05, 0) is 35.5 Å². The molecule has 23 nitrogen and oxygen atoms in total. The van der Waals surface area contributed by atoms with Gasteiger partial charge in [-0.1, -0.05) is 38.3 Å². The van der Waals surface area contributed by atoms with E-state index in [0.717, 1.165) is 50.5 Å². The van der Waals surface area contributed by atoms with Crippen LogP contribution >= 0.6 is 25.7 Å². The number of hydrogen-bond acceptors (Lipinski definition) is 19. The molecule has 4 aromatic heterocycles. The third-order valence-electron chi connectivity index (χ3n) is 10.7. The molecule has 3 aliphatic rings. The van der Waals surface area contributed by atoms with Crippen LogP contribution in [-0.4, -0.2) is 115 Å². The van der Waals surface area contributed by atoms with Crippen molar-refractivity contribution in [3.05, 3.63) is 59.2 Å². The Labute approximate surface area is 373 Å². The van der Waals surface area contributed by atoms with Crippen molar-refractivity contribution in [2.75, 3.05) is 36.5 Å². The highest BCUT2D eigenvalue weighted by molar-refractivity contribution is 8.54. The molecule has 65 heavy (non-hydrogen) atoms. The van der Waals surface area contributed by atoms with Crippen LogP contribution in [-0.2, 0) is 52.0 Å². The molecule has 3 saturated heterocycles. The Morgan fingerprint density at radius 3 is 2.26 bits per heavy atom. The number of aromatic nitrogens is 8. The number of unbranched alkanes of at least 4 members (excludes halogenated alkanes) is 3. The van der Waals surface area contributed by atoms with E-state index >= 15 is 8.78 Å². The van der Waals surface area contributed by atoms with E-state index in [1.54, 1.807) is 24.3 Å². The van der Waals surface area contributed by atoms with Gasteiger partial charge in [-0.2, -0.15) is 4.98 Å². The number of carbonyl (C=O) groups is 2. The van der Waals surface area contributed by atoms with Crippen LogP contribution in [0.4, 0.5) is 26.2 Å². The van der Waals surface area contributed by atoms with Crippen molar-refractivity contribution >= 4 is 84.8 Å². The van der Waals surface area contributed by atoms with Crippen molar-refractivity contribution < 1.29 is 55.1 Å². The zero-order valence-electron chi connectivity index (χ0n) is 34.9. The van der Waals surface area contributed by atoms with E-state index in [9.17, 15) is 23.5 Å². The maximum atomic E-state index is 16.8. The van der Waals surface area contributed by atoms with Gasteiger partial charge in [-0.15, -0.1) is 0 Å². The zero-order chi connectivity index (χ0) is 46.0. The fourth-order valence-corrected chi connectivity index (χ4v) is 12.0. The molecule has 10 atom stereocenters. The second-order valence-electron chi connectivity index (χ2n) is 15.4. The summed E-state index contributed by atoms with van der Waals surface area (Å²) in [6.07, 6.45) is -6.03. The monoisotopic (exact) mass is 964 g/mol. The Morgan fingerprint density at radius 2 is 1.55 bits per heavy atom. The van der Waals surface area contributed by atoms with E-state index in [2.05, 4.69) is 47.5 Å². The summed E-state index contributed by atoms with van der Waals surface area (Å²) in [5, 5.41) is 5.32. The molecule has 0 unspecified atom stereocenters. The van der Waals surface area contributed by atoms with Crippen LogP contribution < -0.4 is 27.7 Å². The molecule has 8 rings (SSSR count). The number of H-pyrrole nitrogens is 1. The maximum absolute atomic E-state index is 16.8. The van der Waals surface area contributed by atoms with Gasteiger partial charge in [0.1, 0.15) is 36.3 Å². The van der Waals surface area contributed by atoms with Crippen LogP contribution in [0.2, 0.25) is 0 Å². The molecule has 5 aromatic rings. The lowest BCUT2D eigenvalue weighted by atomic mass is 10.1. The van der Waals surface area contributed by atoms with Crippen molar-refractivity contribution in [2.45, 2.75) is 94.0 Å². The number of amides is 2. The third kappa shape index (κ3) is 10.4. The lowest BCUT2D eigenvalue weighted by Crippen LogP contribution is -2.37. The van der Waals surface area contributed by atoms with E-state index in [0.29, 0.717) is 29.1 Å². The zero-order valence-corrected chi connectivity index (χ0v) is 37.5. The molecule has 7 heterocycles. The van der Waals surface area contributed by atoms with Gasteiger partial charge < -0.3 is 40.6 Å². The number of alkyl halides is 2. The topological polar surface area (TPSA) is 307 Å². The number of hydrogen-bond donors (Lipinski definition) is 5. The van der Waals surface area contributed by atoms with Crippen LogP contribution in [0, 0.1) is 0 Å². The summed E-state index contributed by atoms with van der Waals surface area (Å²) in [5.74, 6) is -0.960. The number of fused-ring (bicyclic) bond motifs is 4. The predicted octanol–water partition coefficient (Wildman–Crippen LogP) is 3.22. The van der Waals surface area contributed by atoms with E-state index < -0.39 is 88.2 Å². The molecule has 29 heteroatoms. The highest BCUT2D eigenvalue weighted by atomic mass is 32.7. The van der Waals surface area contributed by atoms with E-state index in [1.165, 1.54) is 10.9 Å². The van der Waals surface area contributed by atoms with Gasteiger partial charge in [-0.25, -0.2) is 33.3 Å². The molecule has 0 bridgehead atoms. The summed E-state index contributed by atoms with van der Waals surface area (Å²) in [6, 6.07) is 6.47. The summed E-state index contributed by atoms with van der Waals surface area (Å²) in [4.78, 5) is 59.9. The molecule has 3 fully saturated rings. The fourth-order valence-electron chi connectivity index (χ4n) is 7.44. The number of ether oxygens (including phenoxy) is 2. The Hall–Kier alpha value is -4.85. The van der Waals surface area contributed by atoms with Crippen LogP contribution in [0.5, 0.6) is 0 Å². The van der Waals surface area contributed by atoms with Crippen LogP contribution in [0.25, 0.3) is 22.3 Å². The maximum Gasteiger partial charge on any atom is 0.389 e. The predicted molar refractivity (Wildman–Crippen MR) is 233 cm³/mol. The van der Waals surface area contributed by atoms with E-state index in [-0.39, 0.29) is 52.3 Å². The Balaban J connectivity index is 1.03. The van der Waals surface area contributed by atoms with Gasteiger partial charge in [-0.3, -0.25) is 42.1 Å². The second-order valence-corrected chi connectivity index (χ2v) is 21.5. The van der Waals surface area contributed by atoms with Gasteiger partial charge in [0.25, 0.3) is 20.6 Å². The quantitative estimate of drug-likeness (QED) is 0.0643. The lowest BCUT2D eigenvalue weighted by Gasteiger charge is -2.30. The minimum atomic E-state index is -4.56. The average Bonchev–Trinajstić information content (AvgIpc) is 4.04. The first kappa shape index (κ1) is 46.7. The number of nitrogens with zero attached hydrogens (tertiary/aromatic N) is 7. The smallest absolute Gasteiger partial charge is 0.382 e. The lowest BCUT2D eigenvalue weighted by molar-refractivity contribution is -0.124. The molecule has 3 aliphatic heterocycles. The standard InChI is InChI=1S/C36H45BF2N12O11P2S/c1-2-3-4-5-6-22(52)42-11-23(53)47-19-9-7-18(8-10-19)14-65-64(56)58-13-21-28(24(38)35(60-21)51-17-46-27-32(51)48-36(41)49-33(27)54)61-63(37,55)57-12-20-29(62-64)25(39)34(59-20)50-16-45-26-30(40)43-15-44-31(26)50/h7-10,15-17,20-21,24-25,28-29,34-35H,2-6,11-14,37H2,1H3,(H,42,52)(H,47,53)(H2,40,43,44)(H3,41,48,49,54)/t20-,21-,24-,25-,28-,29-,34-,35-,63-,64+/m1/s1. The minimum Gasteiger partial charge on any atom is -0.382 e. The number of anilines is 3. The number of carbonyl (C=O) groups excluding carboxylic acids is 2. The van der Waals surface area contributed by atoms with Crippen molar-refractivity contribution in [3.63, 3.8) is 0 Å². The van der Waals surface area contributed by atoms with E-state index in [1.807, 2.05) is 0 Å². The molecular formula is C36H45BF2N12O11P2S. The summed E-state index contributed by atoms with van der Waals surface area (Å²) in [7, 11) is -3.17. The number of benzene rings is 1. The molecule has 0 spiro atoms. The minimum absolute atomic E-state index is 0.0236. The van der Waals surface area contributed by atoms with Crippen molar-refractivity contribution in [1.29, 1.82) is 0 Å². The fraction of sp³-hybridized carbons (Fsp3) is 0.500. The summed E-state index contributed by atoms with van der Waals surface area (Å²) < 4.78 is 100. The number of nitrogen functional groups attached to an aromatic ring is 2. The summed E-state index contributed by atoms with van der Waals surface area (Å²) in [6.45, 7) is -4.06. The van der Waals surface area contributed by atoms with Gasteiger partial charge in [0.15, 0.2) is 47.4 Å². The number of nitrogens with one attached hydrogen (secondary N) is 3. The van der Waals surface area contributed by atoms with Crippen LogP contribution in [0.15, 0.2) is 48.0 Å². The van der Waals surface area contributed by atoms with Gasteiger partial charge >= 0.3 is 6.80 Å². The molecule has 7 N–H and O–H groups in total. The molecule has 0 saturated carbocycles. The Morgan fingerprint density at radius 1 is 0.892 bits per heavy atom. The van der Waals surface area contributed by atoms with Crippen molar-refractivity contribution in [1.82, 2.24) is 44.4 Å². The third-order valence-corrected chi connectivity index (χ3v) is 15.6. The van der Waals surface area contributed by atoms with Crippen LogP contribution in [0.1, 0.15) is 57.0 Å². The second kappa shape index (κ2) is 19.6. The highest BCUT2D eigenvalue weighted by Gasteiger charge is 2.54. The van der Waals surface area contributed by atoms with Gasteiger partial charge in [0, 0.05) is 17.9 Å². The number of rotatable bonds is 13. The van der Waals surface area contributed by atoms with Crippen molar-refractivity contribution in [2.24, 2.45) is 0 Å². The molecule has 0 aliphatic carbocycles. The number of halogens is 2. The number of nitrogens with two attached hydrogens (primary N) is 2. The van der Waals surface area contributed by atoms with Gasteiger partial charge in [0.05, 0.1) is 32.4 Å². The molecule has 1 aromatic carbocycles. The summed E-state index contributed by atoms with van der Waals surface area (Å²) >= 11 is 0.671. The van der Waals surface area contributed by atoms with Crippen LogP contribution in [0.3, 0.4) is 0 Å². The SMILES string of the molecule is B[P@@]1(=O)OC[C@H]2O[C@@H](n3cnc4c(N)ncnc43)[C@H](F)[C@@H]2O[P@@](=O)(SCc2ccc(NC(=O)CNC(=O)CCCCCC)cc2)OC[C@H]2O[C@@H](n3cnc4c(=O)[nH]c(N)nc43)[C@H](F)[C@@H]2O1. The Bertz CT molecular complexity index is 2700. The molecular weight excluding hydrogens is 919 g/mol. The first-order valence-electron chi connectivity index (χ1n) is 20.5.